The van der Waals surface area contributed by atoms with Crippen molar-refractivity contribution in [3.8, 4) is 11.5 Å². The van der Waals surface area contributed by atoms with Crippen molar-refractivity contribution in [3.63, 3.8) is 0 Å². The lowest BCUT2D eigenvalue weighted by atomic mass is 10.2. The van der Waals surface area contributed by atoms with E-state index in [0.29, 0.717) is 13.2 Å². The van der Waals surface area contributed by atoms with Crippen LogP contribution in [0.25, 0.3) is 0 Å². The summed E-state index contributed by atoms with van der Waals surface area (Å²) in [4.78, 5) is 0. The molecular formula is C18H20N4O2S. The monoisotopic (exact) mass is 356 g/mol. The van der Waals surface area contributed by atoms with Crippen molar-refractivity contribution in [1.29, 1.82) is 0 Å². The molecule has 0 bridgehead atoms. The van der Waals surface area contributed by atoms with Gasteiger partial charge < -0.3 is 9.47 Å². The molecule has 6 nitrogen and oxygen atoms in total. The predicted octanol–water partition coefficient (Wildman–Crippen LogP) is 3.21. The summed E-state index contributed by atoms with van der Waals surface area (Å²) in [5.74, 6) is 2.50. The van der Waals surface area contributed by atoms with Gasteiger partial charge in [-0.15, -0.1) is 5.10 Å². The molecule has 3 aromatic rings. The van der Waals surface area contributed by atoms with Crippen LogP contribution in [0.1, 0.15) is 11.1 Å². The molecule has 0 saturated heterocycles. The van der Waals surface area contributed by atoms with Gasteiger partial charge in [-0.3, -0.25) is 0 Å². The van der Waals surface area contributed by atoms with Crippen LogP contribution in [0.5, 0.6) is 11.5 Å². The molecule has 0 fully saturated rings. The molecule has 25 heavy (non-hydrogen) atoms. The van der Waals surface area contributed by atoms with Gasteiger partial charge in [-0.1, -0.05) is 36.0 Å². The first-order chi connectivity index (χ1) is 12.2. The third-order valence-electron chi connectivity index (χ3n) is 3.56. The Morgan fingerprint density at radius 2 is 1.92 bits per heavy atom. The third kappa shape index (κ3) is 4.96. The number of aryl methyl sites for hydroxylation is 1. The maximum absolute atomic E-state index is 5.76. The predicted molar refractivity (Wildman–Crippen MR) is 97.3 cm³/mol. The molecule has 2 aromatic carbocycles. The quantitative estimate of drug-likeness (QED) is 0.456. The first kappa shape index (κ1) is 17.3. The van der Waals surface area contributed by atoms with Gasteiger partial charge in [0.15, 0.2) is 0 Å². The Labute approximate surface area is 151 Å². The topological polar surface area (TPSA) is 62.1 Å². The number of thioether (sulfide) groups is 1. The number of hydrogen-bond acceptors (Lipinski definition) is 6. The average molecular weight is 356 g/mol. The molecule has 0 unspecified atom stereocenters. The van der Waals surface area contributed by atoms with Gasteiger partial charge in [0.1, 0.15) is 11.5 Å². The summed E-state index contributed by atoms with van der Waals surface area (Å²) in [7, 11) is 1.66. The first-order valence-electron chi connectivity index (χ1n) is 7.96. The largest absolute Gasteiger partial charge is 0.497 e. The van der Waals surface area contributed by atoms with Gasteiger partial charge in [0.05, 0.1) is 20.3 Å². The number of nitrogens with zero attached hydrogens (tertiary/aromatic N) is 4. The second-order valence-electron chi connectivity index (χ2n) is 5.48. The zero-order valence-corrected chi connectivity index (χ0v) is 15.1. The molecule has 0 atom stereocenters. The Morgan fingerprint density at radius 1 is 1.08 bits per heavy atom. The molecule has 0 amide bonds. The van der Waals surface area contributed by atoms with Gasteiger partial charge in [-0.05, 0) is 52.7 Å². The molecule has 0 aliphatic heterocycles. The van der Waals surface area contributed by atoms with E-state index < -0.39 is 0 Å². The summed E-state index contributed by atoms with van der Waals surface area (Å²) in [5.41, 5.74) is 2.31. The highest BCUT2D eigenvalue weighted by Gasteiger charge is 2.08. The number of methoxy groups -OCH3 is 1. The van der Waals surface area contributed by atoms with Crippen LogP contribution in [0, 0.1) is 6.92 Å². The minimum atomic E-state index is 0.601. The van der Waals surface area contributed by atoms with Crippen molar-refractivity contribution >= 4 is 11.8 Å². The van der Waals surface area contributed by atoms with Gasteiger partial charge in [0.2, 0.25) is 5.16 Å². The fourth-order valence-corrected chi connectivity index (χ4v) is 2.99. The number of hydrogen-bond donors (Lipinski definition) is 0. The summed E-state index contributed by atoms with van der Waals surface area (Å²) in [6.07, 6.45) is 0. The summed E-state index contributed by atoms with van der Waals surface area (Å²) < 4.78 is 12.7. The number of rotatable bonds is 8. The maximum atomic E-state index is 5.76. The Kier molecular flexibility index (Phi) is 5.90. The SMILES string of the molecule is COc1ccc(Cn2nnnc2SCCOc2cccc(C)c2)cc1. The van der Waals surface area contributed by atoms with Gasteiger partial charge in [-0.25, -0.2) is 4.68 Å². The number of tetrazole rings is 1. The van der Waals surface area contributed by atoms with Crippen molar-refractivity contribution in [1.82, 2.24) is 20.2 Å². The minimum Gasteiger partial charge on any atom is -0.497 e. The molecule has 1 heterocycles. The second kappa shape index (κ2) is 8.53. The fourth-order valence-electron chi connectivity index (χ4n) is 2.30. The van der Waals surface area contributed by atoms with Crippen molar-refractivity contribution in [2.24, 2.45) is 0 Å². The number of benzene rings is 2. The molecule has 0 N–H and O–H groups in total. The summed E-state index contributed by atoms with van der Waals surface area (Å²) in [6, 6.07) is 15.9. The number of ether oxygens (including phenoxy) is 2. The van der Waals surface area contributed by atoms with E-state index in [2.05, 4.69) is 28.5 Å². The van der Waals surface area contributed by atoms with Crippen LogP contribution in [0.3, 0.4) is 0 Å². The Balaban J connectivity index is 1.51. The van der Waals surface area contributed by atoms with Crippen molar-refractivity contribution < 1.29 is 9.47 Å². The molecule has 130 valence electrons. The van der Waals surface area contributed by atoms with Crippen LogP contribution in [0.15, 0.2) is 53.7 Å². The lowest BCUT2D eigenvalue weighted by molar-refractivity contribution is 0.343. The van der Waals surface area contributed by atoms with Crippen molar-refractivity contribution in [3.05, 3.63) is 59.7 Å². The first-order valence-corrected chi connectivity index (χ1v) is 8.94. The van der Waals surface area contributed by atoms with E-state index >= 15 is 0 Å². The molecule has 0 aliphatic rings. The molecule has 7 heteroatoms. The van der Waals surface area contributed by atoms with Crippen molar-refractivity contribution in [2.45, 2.75) is 18.6 Å². The molecule has 0 spiro atoms. The maximum Gasteiger partial charge on any atom is 0.209 e. The van der Waals surface area contributed by atoms with E-state index in [-0.39, 0.29) is 0 Å². The fraction of sp³-hybridized carbons (Fsp3) is 0.278. The van der Waals surface area contributed by atoms with Crippen LogP contribution in [0.4, 0.5) is 0 Å². The molecular weight excluding hydrogens is 336 g/mol. The van der Waals surface area contributed by atoms with Gasteiger partial charge in [0.25, 0.3) is 0 Å². The van der Waals surface area contributed by atoms with Crippen LogP contribution in [-0.2, 0) is 6.54 Å². The van der Waals surface area contributed by atoms with Crippen molar-refractivity contribution in [2.75, 3.05) is 19.5 Å². The highest BCUT2D eigenvalue weighted by Crippen LogP contribution is 2.18. The van der Waals surface area contributed by atoms with Gasteiger partial charge in [-0.2, -0.15) is 0 Å². The molecule has 0 aliphatic carbocycles. The van der Waals surface area contributed by atoms with E-state index in [1.807, 2.05) is 42.5 Å². The normalized spacial score (nSPS) is 10.6. The highest BCUT2D eigenvalue weighted by atomic mass is 32.2. The molecule has 0 saturated carbocycles. The van der Waals surface area contributed by atoms with Gasteiger partial charge >= 0.3 is 0 Å². The number of aromatic nitrogens is 4. The molecule has 3 rings (SSSR count). The summed E-state index contributed by atoms with van der Waals surface area (Å²) in [5, 5.41) is 12.7. The van der Waals surface area contributed by atoms with Crippen LogP contribution < -0.4 is 9.47 Å². The Bertz CT molecular complexity index is 805. The zero-order chi connectivity index (χ0) is 17.5. The Hall–Kier alpha value is -2.54. The Morgan fingerprint density at radius 3 is 2.68 bits per heavy atom. The smallest absolute Gasteiger partial charge is 0.209 e. The minimum absolute atomic E-state index is 0.601. The second-order valence-corrected chi connectivity index (χ2v) is 6.54. The van der Waals surface area contributed by atoms with E-state index in [0.717, 1.165) is 28.0 Å². The lowest BCUT2D eigenvalue weighted by Gasteiger charge is -2.07. The molecule has 0 radical (unpaired) electrons. The van der Waals surface area contributed by atoms with E-state index in [9.17, 15) is 0 Å². The van der Waals surface area contributed by atoms with E-state index in [4.69, 9.17) is 9.47 Å². The summed E-state index contributed by atoms with van der Waals surface area (Å²) >= 11 is 1.58. The standard InChI is InChI=1S/C18H20N4O2S/c1-14-4-3-5-17(12-14)24-10-11-25-18-19-20-21-22(18)13-15-6-8-16(23-2)9-7-15/h3-9,12H,10-11,13H2,1-2H3. The summed E-state index contributed by atoms with van der Waals surface area (Å²) in [6.45, 7) is 3.27. The average Bonchev–Trinajstić information content (AvgIpc) is 3.06. The lowest BCUT2D eigenvalue weighted by Crippen LogP contribution is -2.06. The zero-order valence-electron chi connectivity index (χ0n) is 14.3. The van der Waals surface area contributed by atoms with Crippen LogP contribution >= 0.6 is 11.8 Å². The van der Waals surface area contributed by atoms with Gasteiger partial charge in [0, 0.05) is 5.75 Å². The van der Waals surface area contributed by atoms with Crippen LogP contribution in [-0.4, -0.2) is 39.7 Å². The highest BCUT2D eigenvalue weighted by molar-refractivity contribution is 7.99. The van der Waals surface area contributed by atoms with E-state index in [1.165, 1.54) is 5.56 Å². The molecule has 1 aromatic heterocycles. The third-order valence-corrected chi connectivity index (χ3v) is 4.48. The van der Waals surface area contributed by atoms with Crippen LogP contribution in [0.2, 0.25) is 0 Å². The van der Waals surface area contributed by atoms with E-state index in [1.54, 1.807) is 23.6 Å².